The number of rotatable bonds is 3. The van der Waals surface area contributed by atoms with Gasteiger partial charge in [-0.05, 0) is 45.4 Å². The van der Waals surface area contributed by atoms with Crippen molar-refractivity contribution in [3.63, 3.8) is 0 Å². The van der Waals surface area contributed by atoms with Crippen molar-refractivity contribution in [1.29, 1.82) is 0 Å². The number of halogens is 5. The van der Waals surface area contributed by atoms with Crippen LogP contribution >= 0.6 is 23.2 Å². The van der Waals surface area contributed by atoms with Crippen LogP contribution in [0.1, 0.15) is 32.8 Å². The summed E-state index contributed by atoms with van der Waals surface area (Å²) in [5.74, 6) is -3.43. The molecule has 12 heteroatoms. The van der Waals surface area contributed by atoms with Crippen LogP contribution < -0.4 is 10.9 Å². The number of likely N-dealkylation sites (tertiary alicyclic amines) is 1. The molecule has 1 saturated heterocycles. The molecule has 0 aliphatic carbocycles. The summed E-state index contributed by atoms with van der Waals surface area (Å²) in [7, 11) is 1.42. The summed E-state index contributed by atoms with van der Waals surface area (Å²) in [4.78, 5) is 30.5. The zero-order valence-electron chi connectivity index (χ0n) is 19.9. The molecule has 0 bridgehead atoms. The molecule has 1 aliphatic heterocycles. The lowest BCUT2D eigenvalue weighted by Gasteiger charge is -2.34. The number of hydrogen-bond donors (Lipinski definition) is 1. The van der Waals surface area contributed by atoms with Gasteiger partial charge in [-0.1, -0.05) is 23.2 Å². The van der Waals surface area contributed by atoms with Crippen LogP contribution in [0.25, 0.3) is 10.9 Å². The molecule has 1 aliphatic rings. The van der Waals surface area contributed by atoms with Gasteiger partial charge in [0, 0.05) is 19.2 Å². The van der Waals surface area contributed by atoms with E-state index in [0.717, 1.165) is 23.0 Å². The first-order valence-electron chi connectivity index (χ1n) is 11.0. The minimum Gasteiger partial charge on any atom is -0.444 e. The SMILES string of the molecule is Cn1cnc2c(F)c(F)c(N[C@]3(c4c(F)ccc(Cl)c4Cl)CCN(C(=O)OC(C)(C)C)C3)cc2c1=O. The van der Waals surface area contributed by atoms with E-state index in [1.54, 1.807) is 20.8 Å². The van der Waals surface area contributed by atoms with E-state index in [2.05, 4.69) is 10.3 Å². The number of aryl methyl sites for hydroxylation is 1. The van der Waals surface area contributed by atoms with Crippen molar-refractivity contribution in [2.24, 2.45) is 7.05 Å². The maximum absolute atomic E-state index is 15.2. The van der Waals surface area contributed by atoms with Gasteiger partial charge in [-0.2, -0.15) is 0 Å². The van der Waals surface area contributed by atoms with Gasteiger partial charge in [0.15, 0.2) is 11.6 Å². The van der Waals surface area contributed by atoms with Crippen molar-refractivity contribution in [3.05, 3.63) is 67.9 Å². The molecule has 36 heavy (non-hydrogen) atoms. The van der Waals surface area contributed by atoms with Crippen LogP contribution in [-0.2, 0) is 17.3 Å². The molecule has 0 radical (unpaired) electrons. The smallest absolute Gasteiger partial charge is 0.410 e. The third-order valence-electron chi connectivity index (χ3n) is 5.91. The van der Waals surface area contributed by atoms with Gasteiger partial charge in [0.25, 0.3) is 5.56 Å². The summed E-state index contributed by atoms with van der Waals surface area (Å²) >= 11 is 12.6. The molecule has 1 atom stereocenters. The number of benzene rings is 2. The molecule has 1 N–H and O–H groups in total. The van der Waals surface area contributed by atoms with E-state index in [4.69, 9.17) is 27.9 Å². The fourth-order valence-electron chi connectivity index (χ4n) is 4.27. The molecule has 192 valence electrons. The van der Waals surface area contributed by atoms with Crippen LogP contribution in [-0.4, -0.2) is 39.2 Å². The number of ether oxygens (including phenoxy) is 1. The second-order valence-electron chi connectivity index (χ2n) is 9.69. The number of carbonyl (C=O) groups is 1. The number of fused-ring (bicyclic) bond motifs is 1. The van der Waals surface area contributed by atoms with Crippen molar-refractivity contribution < 1.29 is 22.7 Å². The maximum Gasteiger partial charge on any atom is 0.410 e. The van der Waals surface area contributed by atoms with Gasteiger partial charge in [-0.3, -0.25) is 4.79 Å². The third-order valence-corrected chi connectivity index (χ3v) is 6.71. The topological polar surface area (TPSA) is 76.5 Å². The van der Waals surface area contributed by atoms with Crippen LogP contribution in [0.15, 0.2) is 29.3 Å². The molecule has 7 nitrogen and oxygen atoms in total. The monoisotopic (exact) mass is 542 g/mol. The first-order chi connectivity index (χ1) is 16.7. The fourth-order valence-corrected chi connectivity index (χ4v) is 4.76. The van der Waals surface area contributed by atoms with Gasteiger partial charge in [0.2, 0.25) is 0 Å². The van der Waals surface area contributed by atoms with Gasteiger partial charge in [0.05, 0.1) is 39.5 Å². The molecular formula is C24H23Cl2F3N4O3. The largest absolute Gasteiger partial charge is 0.444 e. The van der Waals surface area contributed by atoms with E-state index in [0.29, 0.717) is 0 Å². The highest BCUT2D eigenvalue weighted by Crippen LogP contribution is 2.44. The Balaban J connectivity index is 1.88. The van der Waals surface area contributed by atoms with Crippen LogP contribution in [0.5, 0.6) is 0 Å². The third kappa shape index (κ3) is 4.59. The predicted molar refractivity (Wildman–Crippen MR) is 131 cm³/mol. The minimum atomic E-state index is -1.53. The summed E-state index contributed by atoms with van der Waals surface area (Å²) < 4.78 is 52.0. The average molecular weight is 543 g/mol. The molecule has 1 fully saturated rings. The highest BCUT2D eigenvalue weighted by Gasteiger charge is 2.46. The summed E-state index contributed by atoms with van der Waals surface area (Å²) in [6.45, 7) is 4.97. The van der Waals surface area contributed by atoms with Crippen molar-refractivity contribution in [1.82, 2.24) is 14.5 Å². The molecule has 1 amide bonds. The maximum atomic E-state index is 15.2. The van der Waals surface area contributed by atoms with Crippen LogP contribution in [0.2, 0.25) is 10.0 Å². The number of amides is 1. The predicted octanol–water partition coefficient (Wildman–Crippen LogP) is 5.61. The van der Waals surface area contributed by atoms with Crippen molar-refractivity contribution in [2.45, 2.75) is 38.3 Å². The summed E-state index contributed by atoms with van der Waals surface area (Å²) in [6.07, 6.45) is 0.458. The lowest BCUT2D eigenvalue weighted by atomic mass is 9.87. The Labute approximate surface area is 214 Å². The Bertz CT molecular complexity index is 1440. The van der Waals surface area contributed by atoms with Crippen LogP contribution in [0, 0.1) is 17.5 Å². The van der Waals surface area contributed by atoms with E-state index in [9.17, 15) is 14.0 Å². The zero-order chi connectivity index (χ0) is 26.6. The van der Waals surface area contributed by atoms with Gasteiger partial charge in [-0.15, -0.1) is 0 Å². The molecular weight excluding hydrogens is 520 g/mol. The lowest BCUT2D eigenvalue weighted by molar-refractivity contribution is 0.0286. The number of aromatic nitrogens is 2. The van der Waals surface area contributed by atoms with Crippen molar-refractivity contribution in [2.75, 3.05) is 18.4 Å². The molecule has 0 unspecified atom stereocenters. The second kappa shape index (κ2) is 9.15. The first kappa shape index (κ1) is 26.1. The van der Waals surface area contributed by atoms with Crippen LogP contribution in [0.3, 0.4) is 0 Å². The fraction of sp³-hybridized carbons (Fsp3) is 0.375. The zero-order valence-corrected chi connectivity index (χ0v) is 21.4. The van der Waals surface area contributed by atoms with E-state index < -0.39 is 51.4 Å². The number of hydrogen-bond acceptors (Lipinski definition) is 5. The highest BCUT2D eigenvalue weighted by atomic mass is 35.5. The van der Waals surface area contributed by atoms with E-state index in [1.165, 1.54) is 18.0 Å². The summed E-state index contributed by atoms with van der Waals surface area (Å²) in [6, 6.07) is 3.47. The quantitative estimate of drug-likeness (QED) is 0.435. The van der Waals surface area contributed by atoms with E-state index in [-0.39, 0.29) is 40.5 Å². The Morgan fingerprint density at radius 2 is 1.89 bits per heavy atom. The van der Waals surface area contributed by atoms with Crippen molar-refractivity contribution in [3.8, 4) is 0 Å². The average Bonchev–Trinajstić information content (AvgIpc) is 3.21. The second-order valence-corrected chi connectivity index (χ2v) is 10.5. The van der Waals surface area contributed by atoms with E-state index >= 15 is 8.78 Å². The first-order valence-corrected chi connectivity index (χ1v) is 11.7. The Kier molecular flexibility index (Phi) is 6.63. The Hall–Kier alpha value is -2.98. The minimum absolute atomic E-state index is 0.0354. The van der Waals surface area contributed by atoms with Gasteiger partial charge < -0.3 is 19.5 Å². The Morgan fingerprint density at radius 1 is 1.19 bits per heavy atom. The number of nitrogens with zero attached hydrogens (tertiary/aromatic N) is 3. The van der Waals surface area contributed by atoms with Gasteiger partial charge in [-0.25, -0.2) is 22.9 Å². The standard InChI is InChI=1S/C24H23Cl2F3N4O3/c1-23(2,3)36-22(35)33-8-7-24(10-33,16-14(27)6-5-13(25)17(16)26)31-15-9-12-20(19(29)18(15)28)30-11-32(4)21(12)34/h5-6,9,11,31H,7-8,10H2,1-4H3/t24-/m1/s1. The normalized spacial score (nSPS) is 18.1. The highest BCUT2D eigenvalue weighted by molar-refractivity contribution is 6.42. The molecule has 0 spiro atoms. The van der Waals surface area contributed by atoms with Gasteiger partial charge >= 0.3 is 6.09 Å². The molecule has 1 aromatic heterocycles. The van der Waals surface area contributed by atoms with Gasteiger partial charge in [0.1, 0.15) is 16.9 Å². The molecule has 4 rings (SSSR count). The number of carbonyl (C=O) groups excluding carboxylic acids is 1. The molecule has 3 aromatic rings. The summed E-state index contributed by atoms with van der Waals surface area (Å²) in [5, 5.41) is 2.56. The molecule has 2 aromatic carbocycles. The summed E-state index contributed by atoms with van der Waals surface area (Å²) in [5.41, 5.74) is -3.92. The van der Waals surface area contributed by atoms with E-state index in [1.807, 2.05) is 0 Å². The van der Waals surface area contributed by atoms with Crippen LogP contribution in [0.4, 0.5) is 23.7 Å². The molecule has 2 heterocycles. The Morgan fingerprint density at radius 3 is 2.56 bits per heavy atom. The lowest BCUT2D eigenvalue weighted by Crippen LogP contribution is -2.43. The number of nitrogens with one attached hydrogen (secondary N) is 1. The molecule has 0 saturated carbocycles. The van der Waals surface area contributed by atoms with Crippen molar-refractivity contribution >= 4 is 45.9 Å². The number of anilines is 1.